The minimum absolute atomic E-state index is 0.0834. The predicted molar refractivity (Wildman–Crippen MR) is 266 cm³/mol. The summed E-state index contributed by atoms with van der Waals surface area (Å²) in [6, 6.07) is 28.2. The molecular weight excluding hydrogens is 841 g/mol. The maximum absolute atomic E-state index is 13.6. The number of thiophene rings is 1. The van der Waals surface area contributed by atoms with Crippen molar-refractivity contribution in [1.29, 1.82) is 0 Å². The van der Waals surface area contributed by atoms with Gasteiger partial charge < -0.3 is 25.0 Å². The van der Waals surface area contributed by atoms with Gasteiger partial charge in [-0.3, -0.25) is 14.5 Å². The summed E-state index contributed by atoms with van der Waals surface area (Å²) in [6.07, 6.45) is 12.1. The van der Waals surface area contributed by atoms with E-state index in [1.165, 1.54) is 53.0 Å². The minimum atomic E-state index is -0.914. The van der Waals surface area contributed by atoms with Crippen molar-refractivity contribution in [3.63, 3.8) is 0 Å². The summed E-state index contributed by atoms with van der Waals surface area (Å²) in [4.78, 5) is 31.2. The van der Waals surface area contributed by atoms with E-state index in [2.05, 4.69) is 66.9 Å². The Balaban J connectivity index is 0.000000166. The lowest BCUT2D eigenvalue weighted by atomic mass is 9.51. The zero-order valence-corrected chi connectivity index (χ0v) is 39.6. The van der Waals surface area contributed by atoms with Gasteiger partial charge in [-0.25, -0.2) is 0 Å². The molecule has 0 radical (unpaired) electrons. The van der Waals surface area contributed by atoms with E-state index in [0.717, 1.165) is 84.4 Å². The topological polar surface area (TPSA) is 111 Å². The van der Waals surface area contributed by atoms with Crippen LogP contribution in [0.1, 0.15) is 105 Å². The molecule has 2 heterocycles. The number of hydrogen-bond donors (Lipinski definition) is 3. The van der Waals surface area contributed by atoms with E-state index in [4.69, 9.17) is 4.74 Å². The first-order valence-corrected chi connectivity index (χ1v) is 24.6. The van der Waals surface area contributed by atoms with E-state index in [9.17, 15) is 24.9 Å². The second kappa shape index (κ2) is 18.9. The van der Waals surface area contributed by atoms with Crippen LogP contribution in [-0.4, -0.2) is 77.7 Å². The third kappa shape index (κ3) is 8.84. The average Bonchev–Trinajstić information content (AvgIpc) is 3.82. The number of phenols is 2. The molecule has 342 valence electrons. The molecule has 1 saturated heterocycles. The molecule has 0 amide bonds. The molecule has 10 rings (SSSR count). The Morgan fingerprint density at radius 2 is 1.62 bits per heavy atom. The maximum Gasteiger partial charge on any atom is 0.195 e. The largest absolute Gasteiger partial charge is 0.508 e. The Labute approximate surface area is 393 Å². The second-order valence-corrected chi connectivity index (χ2v) is 20.4. The van der Waals surface area contributed by atoms with Crippen molar-refractivity contribution in [2.75, 3.05) is 45.2 Å². The number of phenolic OH excluding ortho intramolecular Hbond substituents is 2. The average molecular weight is 903 g/mol. The third-order valence-electron chi connectivity index (χ3n) is 15.3. The van der Waals surface area contributed by atoms with Crippen LogP contribution in [0.15, 0.2) is 114 Å². The van der Waals surface area contributed by atoms with Crippen LogP contribution in [0.5, 0.6) is 17.2 Å². The van der Waals surface area contributed by atoms with Gasteiger partial charge >= 0.3 is 0 Å². The summed E-state index contributed by atoms with van der Waals surface area (Å²) < 4.78 is 6.76. The molecule has 9 heteroatoms. The molecule has 1 aliphatic heterocycles. The number of benzene rings is 4. The number of likely N-dealkylation sites (tertiary alicyclic amines) is 1. The molecular formula is C57H62N2O6S. The standard InChI is InChI=1S/C29H35NO2.C28H27NO4S/c1-5-15-29(32)16-14-26-24-12-8-20-17-22(31)11-13-23(20)27(24)25(18-28(26,29)2)19-6-9-21(10-7-19)30(3)4;30-21-8-4-20(5-9-21)28-26(24-13-10-22(31)18-25(24)34-28)27(32)19-6-11-23(12-7-19)33-17-16-29-14-2-1-3-15-29/h6-7,9-10,17,24-26,32H,8,11-14,16,18H2,1-4H3;4-13,18,30-31H,1-3,14-17H2/t24-,25+,26-,28-,29-;/m0./s1. The predicted octanol–water partition coefficient (Wildman–Crippen LogP) is 11.5. The number of ether oxygens (including phenoxy) is 1. The number of allylic oxidation sites excluding steroid dienone is 4. The SMILES string of the molecule is CC#C[C@]1(O)CC[C@H]2[C@@H]3CCC4=CC(=O)CCC4=C3[C@@H](c3ccc(N(C)C)cc3)C[C@@]21C.O=C(c1ccc(OCCN2CCCCC2)cc1)c1c(-c2ccc(O)cc2)sc2cc(O)ccc12. The van der Waals surface area contributed by atoms with E-state index >= 15 is 0 Å². The molecule has 1 aromatic heterocycles. The smallest absolute Gasteiger partial charge is 0.195 e. The summed E-state index contributed by atoms with van der Waals surface area (Å²) in [7, 11) is 4.14. The summed E-state index contributed by atoms with van der Waals surface area (Å²) in [6.45, 7) is 7.99. The maximum atomic E-state index is 13.6. The van der Waals surface area contributed by atoms with E-state index in [1.54, 1.807) is 48.0 Å². The van der Waals surface area contributed by atoms with Crippen molar-refractivity contribution in [2.45, 2.75) is 89.6 Å². The van der Waals surface area contributed by atoms with Crippen LogP contribution in [0.4, 0.5) is 5.69 Å². The highest BCUT2D eigenvalue weighted by atomic mass is 32.1. The van der Waals surface area contributed by atoms with Gasteiger partial charge in [-0.15, -0.1) is 17.3 Å². The van der Waals surface area contributed by atoms with Crippen molar-refractivity contribution >= 4 is 38.7 Å². The van der Waals surface area contributed by atoms with Crippen molar-refractivity contribution in [1.82, 2.24) is 4.90 Å². The quantitative estimate of drug-likeness (QED) is 0.0991. The van der Waals surface area contributed by atoms with E-state index in [0.29, 0.717) is 36.0 Å². The third-order valence-corrected chi connectivity index (χ3v) is 16.5. The summed E-state index contributed by atoms with van der Waals surface area (Å²) in [5.41, 5.74) is 7.74. The Bertz CT molecular complexity index is 2730. The number of rotatable bonds is 9. The highest BCUT2D eigenvalue weighted by Gasteiger charge is 2.62. The van der Waals surface area contributed by atoms with Crippen molar-refractivity contribution < 1.29 is 29.6 Å². The second-order valence-electron chi connectivity index (χ2n) is 19.4. The highest BCUT2D eigenvalue weighted by molar-refractivity contribution is 7.22. The Morgan fingerprint density at radius 3 is 2.33 bits per heavy atom. The van der Waals surface area contributed by atoms with Crippen LogP contribution in [0, 0.1) is 29.1 Å². The first-order chi connectivity index (χ1) is 31.9. The van der Waals surface area contributed by atoms with E-state index in [-0.39, 0.29) is 34.4 Å². The molecule has 5 aliphatic rings. The number of fused-ring (bicyclic) bond motifs is 5. The number of hydrogen-bond acceptors (Lipinski definition) is 9. The van der Waals surface area contributed by atoms with Gasteiger partial charge in [0.05, 0.1) is 0 Å². The summed E-state index contributed by atoms with van der Waals surface area (Å²) in [5, 5.41) is 32.2. The number of piperidine rings is 1. The number of nitrogens with zero attached hydrogens (tertiary/aromatic N) is 2. The van der Waals surface area contributed by atoms with Crippen LogP contribution in [0.25, 0.3) is 20.5 Å². The minimum Gasteiger partial charge on any atom is -0.508 e. The van der Waals surface area contributed by atoms with Crippen molar-refractivity contribution in [3.8, 4) is 39.5 Å². The van der Waals surface area contributed by atoms with Crippen LogP contribution in [-0.2, 0) is 4.79 Å². The molecule has 5 aromatic rings. The van der Waals surface area contributed by atoms with Gasteiger partial charge in [0, 0.05) is 70.2 Å². The molecule has 2 saturated carbocycles. The van der Waals surface area contributed by atoms with Crippen LogP contribution < -0.4 is 9.64 Å². The first-order valence-electron chi connectivity index (χ1n) is 23.8. The van der Waals surface area contributed by atoms with E-state index < -0.39 is 5.60 Å². The highest BCUT2D eigenvalue weighted by Crippen LogP contribution is 2.66. The molecule has 8 nitrogen and oxygen atoms in total. The number of aliphatic hydroxyl groups is 1. The number of carbonyl (C=O) groups is 2. The zero-order valence-electron chi connectivity index (χ0n) is 38.7. The fraction of sp³-hybridized carbons (Fsp3) is 0.404. The number of aromatic hydroxyl groups is 2. The van der Waals surface area contributed by atoms with Gasteiger partial charge in [0.15, 0.2) is 11.6 Å². The van der Waals surface area contributed by atoms with E-state index in [1.807, 2.05) is 37.3 Å². The molecule has 5 atom stereocenters. The zero-order chi connectivity index (χ0) is 46.2. The normalized spacial score (nSPS) is 24.8. The summed E-state index contributed by atoms with van der Waals surface area (Å²) >= 11 is 1.46. The Morgan fingerprint density at radius 1 is 0.894 bits per heavy atom. The fourth-order valence-electron chi connectivity index (χ4n) is 11.8. The Hall–Kier alpha value is -5.66. The Kier molecular flexibility index (Phi) is 13.0. The number of carbonyl (C=O) groups excluding carboxylic acids is 2. The lowest BCUT2D eigenvalue weighted by Gasteiger charge is -2.53. The van der Waals surface area contributed by atoms with Crippen molar-refractivity contribution in [2.24, 2.45) is 17.3 Å². The van der Waals surface area contributed by atoms with Gasteiger partial charge in [0.1, 0.15) is 29.5 Å². The molecule has 66 heavy (non-hydrogen) atoms. The summed E-state index contributed by atoms with van der Waals surface area (Å²) in [5.74, 6) is 8.77. The van der Waals surface area contributed by atoms with Crippen molar-refractivity contribution in [3.05, 3.63) is 130 Å². The van der Waals surface area contributed by atoms with Gasteiger partial charge in [-0.1, -0.05) is 37.0 Å². The van der Waals surface area contributed by atoms with Gasteiger partial charge in [-0.2, -0.15) is 0 Å². The number of ketones is 2. The lowest BCUT2D eigenvalue weighted by molar-refractivity contribution is -0.114. The van der Waals surface area contributed by atoms with Gasteiger partial charge in [0.25, 0.3) is 0 Å². The fourth-order valence-corrected chi connectivity index (χ4v) is 13.1. The van der Waals surface area contributed by atoms with Crippen LogP contribution in [0.3, 0.4) is 0 Å². The van der Waals surface area contributed by atoms with Crippen LogP contribution >= 0.6 is 11.3 Å². The molecule has 3 fully saturated rings. The first kappa shape index (κ1) is 45.5. The molecule has 3 N–H and O–H groups in total. The van der Waals surface area contributed by atoms with Gasteiger partial charge in [-0.05, 0) is 190 Å². The molecule has 0 bridgehead atoms. The molecule has 4 aromatic carbocycles. The number of anilines is 1. The van der Waals surface area contributed by atoms with Gasteiger partial charge in [0.2, 0.25) is 0 Å². The molecule has 0 unspecified atom stereocenters. The monoisotopic (exact) mass is 902 g/mol. The van der Waals surface area contributed by atoms with Crippen LogP contribution in [0.2, 0.25) is 0 Å². The molecule has 4 aliphatic carbocycles. The lowest BCUT2D eigenvalue weighted by Crippen LogP contribution is -2.51. The molecule has 0 spiro atoms.